The molecule has 2 aliphatic heterocycles. The summed E-state index contributed by atoms with van der Waals surface area (Å²) in [7, 11) is 0. The number of nitrogens with zero attached hydrogens (tertiary/aromatic N) is 1. The Bertz CT molecular complexity index is 842. The van der Waals surface area contributed by atoms with E-state index in [0.29, 0.717) is 4.57 Å². The Hall–Kier alpha value is -1.75. The highest BCUT2D eigenvalue weighted by atomic mass is 19.2. The molecule has 0 saturated carbocycles. The second kappa shape index (κ2) is 7.82. The van der Waals surface area contributed by atoms with Crippen molar-refractivity contribution < 1.29 is 49.6 Å². The first-order valence-corrected chi connectivity index (χ1v) is 8.55. The number of aromatic amines is 1. The molecule has 1 unspecified atom stereocenters. The van der Waals surface area contributed by atoms with Gasteiger partial charge in [-0.15, -0.1) is 0 Å². The van der Waals surface area contributed by atoms with Gasteiger partial charge in [0.2, 0.25) is 0 Å². The normalized spacial score (nSPS) is 42.6. The molecular weight excluding hydrogens is 403 g/mol. The van der Waals surface area contributed by atoms with E-state index >= 15 is 4.39 Å². The van der Waals surface area contributed by atoms with E-state index in [1.807, 2.05) is 4.98 Å². The summed E-state index contributed by atoms with van der Waals surface area (Å²) in [5, 5.41) is 69.4. The third kappa shape index (κ3) is 3.63. The van der Waals surface area contributed by atoms with Gasteiger partial charge in [-0.25, -0.2) is 9.18 Å². The van der Waals surface area contributed by atoms with Crippen molar-refractivity contribution in [3.05, 3.63) is 33.1 Å². The summed E-state index contributed by atoms with van der Waals surface area (Å²) in [5.41, 5.74) is -1.82. The van der Waals surface area contributed by atoms with E-state index in [0.717, 1.165) is 12.3 Å². The highest BCUT2D eigenvalue weighted by molar-refractivity contribution is 5.05. The van der Waals surface area contributed by atoms with E-state index in [-0.39, 0.29) is 0 Å². The minimum atomic E-state index is -3.76. The molecule has 13 nitrogen and oxygen atoms in total. The molecule has 29 heavy (non-hydrogen) atoms. The van der Waals surface area contributed by atoms with Gasteiger partial charge in [0.25, 0.3) is 11.4 Å². The monoisotopic (exact) mass is 424 g/mol. The zero-order valence-corrected chi connectivity index (χ0v) is 14.6. The Morgan fingerprint density at radius 2 is 1.59 bits per heavy atom. The van der Waals surface area contributed by atoms with Crippen molar-refractivity contribution in [2.75, 3.05) is 6.61 Å². The quantitative estimate of drug-likeness (QED) is 0.228. The van der Waals surface area contributed by atoms with E-state index in [4.69, 9.17) is 9.47 Å². The average Bonchev–Trinajstić information content (AvgIpc) is 2.96. The zero-order chi connectivity index (χ0) is 21.7. The predicted molar refractivity (Wildman–Crippen MR) is 87.1 cm³/mol. The van der Waals surface area contributed by atoms with Crippen molar-refractivity contribution in [3.8, 4) is 0 Å². The van der Waals surface area contributed by atoms with Crippen LogP contribution in [0.1, 0.15) is 6.23 Å². The van der Waals surface area contributed by atoms with Gasteiger partial charge in [-0.2, -0.15) is 0 Å². The third-order valence-corrected chi connectivity index (χ3v) is 5.05. The molecule has 3 heterocycles. The molecule has 14 heteroatoms. The summed E-state index contributed by atoms with van der Waals surface area (Å²) < 4.78 is 26.0. The molecular formula is C15H21FN2O11. The van der Waals surface area contributed by atoms with Crippen LogP contribution in [0.5, 0.6) is 0 Å². The number of alkyl halides is 1. The largest absolute Gasteiger partial charge is 0.394 e. The Kier molecular flexibility index (Phi) is 5.92. The van der Waals surface area contributed by atoms with Crippen LogP contribution in [0.4, 0.5) is 4.39 Å². The first-order valence-electron chi connectivity index (χ1n) is 8.55. The van der Waals surface area contributed by atoms with Crippen molar-refractivity contribution in [3.63, 3.8) is 0 Å². The molecule has 1 aromatic heterocycles. The summed E-state index contributed by atoms with van der Waals surface area (Å²) in [6, 6.07) is 0.899. The maximum absolute atomic E-state index is 15.3. The van der Waals surface area contributed by atoms with Crippen LogP contribution in [0.2, 0.25) is 0 Å². The number of H-pyrrole nitrogens is 1. The fourth-order valence-corrected chi connectivity index (χ4v) is 3.45. The predicted octanol–water partition coefficient (Wildman–Crippen LogP) is -5.34. The van der Waals surface area contributed by atoms with Gasteiger partial charge in [-0.05, 0) is 0 Å². The molecule has 0 radical (unpaired) electrons. The van der Waals surface area contributed by atoms with E-state index in [1.54, 1.807) is 0 Å². The number of nitrogens with one attached hydrogen (secondary N) is 1. The molecule has 0 amide bonds. The molecule has 2 saturated heterocycles. The maximum atomic E-state index is 15.3. The first-order chi connectivity index (χ1) is 13.5. The summed E-state index contributed by atoms with van der Waals surface area (Å²) in [4.78, 5) is 24.9. The van der Waals surface area contributed by atoms with Crippen molar-refractivity contribution in [1.82, 2.24) is 9.55 Å². The van der Waals surface area contributed by atoms with Gasteiger partial charge in [0.1, 0.15) is 42.7 Å². The Morgan fingerprint density at radius 1 is 1.00 bits per heavy atom. The van der Waals surface area contributed by atoms with Gasteiger partial charge in [-0.1, -0.05) is 0 Å². The fourth-order valence-electron chi connectivity index (χ4n) is 3.45. The molecule has 0 bridgehead atoms. The minimum absolute atomic E-state index is 0.638. The van der Waals surface area contributed by atoms with E-state index in [1.165, 1.54) is 0 Å². The second-order valence-corrected chi connectivity index (χ2v) is 6.92. The van der Waals surface area contributed by atoms with Gasteiger partial charge in [0.05, 0.1) is 6.61 Å². The standard InChI is InChI=1S/C15H21FN2O11/c16-15(27,11-8(23)7(22)6(21)4(3-19)28-11)12-9(24)10(25)13(29-12)18-2-1-5(20)17-14(18)26/h1-2,4,6-13,19,21-25,27H,3H2,(H,17,20,26)/t4-,6+,7+,8-,9+,10-,11-,12+,13-,15?/m1/s1. The lowest BCUT2D eigenvalue weighted by molar-refractivity contribution is -0.328. The highest BCUT2D eigenvalue weighted by Gasteiger charge is 2.62. The van der Waals surface area contributed by atoms with E-state index < -0.39 is 78.8 Å². The Morgan fingerprint density at radius 3 is 2.17 bits per heavy atom. The number of halogens is 1. The molecule has 1 aromatic rings. The first kappa shape index (κ1) is 21.9. The van der Waals surface area contributed by atoms with Gasteiger partial charge in [-0.3, -0.25) is 14.3 Å². The molecule has 0 aromatic carbocycles. The van der Waals surface area contributed by atoms with Crippen molar-refractivity contribution in [2.24, 2.45) is 0 Å². The number of hydrogen-bond acceptors (Lipinski definition) is 11. The maximum Gasteiger partial charge on any atom is 0.330 e. The number of aliphatic hydroxyl groups excluding tert-OH is 6. The highest BCUT2D eigenvalue weighted by Crippen LogP contribution is 2.40. The van der Waals surface area contributed by atoms with Crippen LogP contribution in [0.15, 0.2) is 21.9 Å². The minimum Gasteiger partial charge on any atom is -0.394 e. The molecule has 2 fully saturated rings. The Labute approximate surface area is 160 Å². The van der Waals surface area contributed by atoms with E-state index in [9.17, 15) is 45.3 Å². The van der Waals surface area contributed by atoms with Crippen LogP contribution in [-0.4, -0.2) is 107 Å². The van der Waals surface area contributed by atoms with Crippen LogP contribution in [0.3, 0.4) is 0 Å². The lowest BCUT2D eigenvalue weighted by Crippen LogP contribution is -2.67. The molecule has 2 aliphatic rings. The molecule has 10 atom stereocenters. The lowest BCUT2D eigenvalue weighted by atomic mass is 9.87. The van der Waals surface area contributed by atoms with Crippen LogP contribution >= 0.6 is 0 Å². The third-order valence-electron chi connectivity index (χ3n) is 5.05. The number of ether oxygens (including phenoxy) is 2. The van der Waals surface area contributed by atoms with Gasteiger partial charge in [0, 0.05) is 12.3 Å². The van der Waals surface area contributed by atoms with Crippen molar-refractivity contribution in [2.45, 2.75) is 60.9 Å². The average molecular weight is 424 g/mol. The Balaban J connectivity index is 1.90. The molecule has 3 rings (SSSR count). The fraction of sp³-hybridized carbons (Fsp3) is 0.733. The second-order valence-electron chi connectivity index (χ2n) is 6.92. The van der Waals surface area contributed by atoms with Crippen LogP contribution in [0.25, 0.3) is 0 Å². The summed E-state index contributed by atoms with van der Waals surface area (Å²) in [5.74, 6) is -3.76. The van der Waals surface area contributed by atoms with E-state index in [2.05, 4.69) is 0 Å². The van der Waals surface area contributed by atoms with Crippen molar-refractivity contribution >= 4 is 0 Å². The van der Waals surface area contributed by atoms with Crippen molar-refractivity contribution in [1.29, 1.82) is 0 Å². The van der Waals surface area contributed by atoms with Gasteiger partial charge >= 0.3 is 5.69 Å². The molecule has 0 spiro atoms. The molecule has 164 valence electrons. The van der Waals surface area contributed by atoms with Crippen LogP contribution in [-0.2, 0) is 9.47 Å². The summed E-state index contributed by atoms with van der Waals surface area (Å²) >= 11 is 0. The van der Waals surface area contributed by atoms with Crippen LogP contribution in [0, 0.1) is 0 Å². The number of aliphatic hydroxyl groups is 7. The zero-order valence-electron chi connectivity index (χ0n) is 14.6. The number of hydrogen-bond donors (Lipinski definition) is 8. The molecule has 0 aliphatic carbocycles. The number of rotatable bonds is 4. The molecule has 8 N–H and O–H groups in total. The topological polar surface area (TPSA) is 215 Å². The number of aromatic nitrogens is 2. The summed E-state index contributed by atoms with van der Waals surface area (Å²) in [6.07, 6.45) is -17.1. The van der Waals surface area contributed by atoms with Crippen LogP contribution < -0.4 is 11.2 Å². The summed E-state index contributed by atoms with van der Waals surface area (Å²) in [6.45, 7) is -0.899. The smallest absolute Gasteiger partial charge is 0.330 e. The van der Waals surface area contributed by atoms with Gasteiger partial charge in [0.15, 0.2) is 12.3 Å². The SMILES string of the molecule is O=c1ccn([C@@H]2O[C@H](C(O)(F)[C@@H]3O[C@H](CO)[C@H](O)[C@H](O)[C@H]3O)[C@@H](O)[C@H]2O)c(=O)[nH]1. The van der Waals surface area contributed by atoms with Gasteiger partial charge < -0.3 is 45.2 Å². The lowest BCUT2D eigenvalue weighted by Gasteiger charge is -2.45.